The first-order valence-corrected chi connectivity index (χ1v) is 5.69. The summed E-state index contributed by atoms with van der Waals surface area (Å²) in [6.07, 6.45) is 1.47. The molecule has 2 saturated heterocycles. The summed E-state index contributed by atoms with van der Waals surface area (Å²) in [4.78, 5) is 24.2. The molecule has 2 unspecified atom stereocenters. The fourth-order valence-corrected chi connectivity index (χ4v) is 3.18. The van der Waals surface area contributed by atoms with Crippen molar-refractivity contribution in [1.82, 2.24) is 4.90 Å². The third-order valence-corrected chi connectivity index (χ3v) is 4.04. The molecule has 0 radical (unpaired) electrons. The molecule has 0 N–H and O–H groups in total. The summed E-state index contributed by atoms with van der Waals surface area (Å²) in [7, 11) is 0. The van der Waals surface area contributed by atoms with Gasteiger partial charge in [0.1, 0.15) is 0 Å². The molecule has 0 spiro atoms. The van der Waals surface area contributed by atoms with Crippen LogP contribution in [0.4, 0.5) is 0 Å². The van der Waals surface area contributed by atoms with Crippen LogP contribution in [0.3, 0.4) is 0 Å². The minimum absolute atomic E-state index is 0.204. The standard InChI is InChI=1S/C9H13NO2S/c1-6-4-7(5-13-6)10-3-2-8(11)9(10)12/h6-7H,2-5H2,1H3. The maximum atomic E-state index is 11.4. The third kappa shape index (κ3) is 1.59. The van der Waals surface area contributed by atoms with Crippen molar-refractivity contribution in [2.24, 2.45) is 0 Å². The van der Waals surface area contributed by atoms with Crippen molar-refractivity contribution in [2.75, 3.05) is 12.3 Å². The second kappa shape index (κ2) is 3.33. The number of hydrogen-bond donors (Lipinski definition) is 0. The molecule has 0 aliphatic carbocycles. The minimum atomic E-state index is -0.250. The van der Waals surface area contributed by atoms with Gasteiger partial charge in [-0.25, -0.2) is 0 Å². The zero-order chi connectivity index (χ0) is 9.42. The van der Waals surface area contributed by atoms with Gasteiger partial charge in [0.05, 0.1) is 0 Å². The molecule has 0 saturated carbocycles. The molecular weight excluding hydrogens is 186 g/mol. The first-order chi connectivity index (χ1) is 6.18. The van der Waals surface area contributed by atoms with Gasteiger partial charge in [-0.3, -0.25) is 9.59 Å². The van der Waals surface area contributed by atoms with Crippen LogP contribution in [0.25, 0.3) is 0 Å². The number of likely N-dealkylation sites (tertiary alicyclic amines) is 1. The van der Waals surface area contributed by atoms with E-state index in [2.05, 4.69) is 6.92 Å². The molecule has 2 aliphatic heterocycles. The topological polar surface area (TPSA) is 37.4 Å². The van der Waals surface area contributed by atoms with E-state index in [0.29, 0.717) is 24.3 Å². The Morgan fingerprint density at radius 3 is 2.69 bits per heavy atom. The monoisotopic (exact) mass is 199 g/mol. The van der Waals surface area contributed by atoms with E-state index in [1.54, 1.807) is 4.90 Å². The highest BCUT2D eigenvalue weighted by atomic mass is 32.2. The fourth-order valence-electron chi connectivity index (χ4n) is 1.95. The van der Waals surface area contributed by atoms with E-state index in [-0.39, 0.29) is 11.7 Å². The third-order valence-electron chi connectivity index (χ3n) is 2.70. The predicted molar refractivity (Wildman–Crippen MR) is 51.7 cm³/mol. The summed E-state index contributed by atoms with van der Waals surface area (Å²) in [6, 6.07) is 0.318. The second-order valence-electron chi connectivity index (χ2n) is 3.71. The molecule has 13 heavy (non-hydrogen) atoms. The first-order valence-electron chi connectivity index (χ1n) is 4.64. The lowest BCUT2D eigenvalue weighted by atomic mass is 10.2. The van der Waals surface area contributed by atoms with Crippen molar-refractivity contribution in [3.63, 3.8) is 0 Å². The number of amides is 1. The molecular formula is C9H13NO2S. The zero-order valence-electron chi connectivity index (χ0n) is 7.66. The summed E-state index contributed by atoms with van der Waals surface area (Å²) >= 11 is 1.89. The van der Waals surface area contributed by atoms with E-state index in [1.807, 2.05) is 11.8 Å². The van der Waals surface area contributed by atoms with E-state index in [0.717, 1.165) is 12.2 Å². The smallest absolute Gasteiger partial charge is 0.290 e. The summed E-state index contributed by atoms with van der Waals surface area (Å²) in [5, 5.41) is 0.633. The van der Waals surface area contributed by atoms with Crippen LogP contribution >= 0.6 is 11.8 Å². The predicted octanol–water partition coefficient (Wildman–Crippen LogP) is 0.682. The Hall–Kier alpha value is -0.510. The number of nitrogens with zero attached hydrogens (tertiary/aromatic N) is 1. The Morgan fingerprint density at radius 2 is 2.23 bits per heavy atom. The van der Waals surface area contributed by atoms with Crippen molar-refractivity contribution < 1.29 is 9.59 Å². The van der Waals surface area contributed by atoms with Crippen LogP contribution in [-0.4, -0.2) is 40.2 Å². The molecule has 2 aliphatic rings. The largest absolute Gasteiger partial charge is 0.332 e. The molecule has 0 aromatic heterocycles. The molecule has 72 valence electrons. The van der Waals surface area contributed by atoms with Gasteiger partial charge in [0.25, 0.3) is 5.91 Å². The lowest BCUT2D eigenvalue weighted by Crippen LogP contribution is -2.37. The quantitative estimate of drug-likeness (QED) is 0.583. The molecule has 4 heteroatoms. The lowest BCUT2D eigenvalue weighted by Gasteiger charge is -2.21. The van der Waals surface area contributed by atoms with Crippen molar-refractivity contribution in [2.45, 2.75) is 31.1 Å². The van der Waals surface area contributed by atoms with E-state index in [1.165, 1.54) is 0 Å². The minimum Gasteiger partial charge on any atom is -0.332 e. The average molecular weight is 199 g/mol. The normalized spacial score (nSPS) is 34.7. The lowest BCUT2D eigenvalue weighted by molar-refractivity contribution is -0.140. The average Bonchev–Trinajstić information content (AvgIpc) is 2.62. The van der Waals surface area contributed by atoms with Crippen molar-refractivity contribution in [3.8, 4) is 0 Å². The van der Waals surface area contributed by atoms with Crippen molar-refractivity contribution in [1.29, 1.82) is 0 Å². The highest BCUT2D eigenvalue weighted by molar-refractivity contribution is 8.00. The summed E-state index contributed by atoms with van der Waals surface area (Å²) in [6.45, 7) is 2.82. The molecule has 0 aromatic rings. The molecule has 0 aromatic carbocycles. The zero-order valence-corrected chi connectivity index (χ0v) is 8.47. The van der Waals surface area contributed by atoms with Gasteiger partial charge in [-0.2, -0.15) is 11.8 Å². The van der Waals surface area contributed by atoms with Gasteiger partial charge in [0.2, 0.25) is 5.78 Å². The number of thioether (sulfide) groups is 1. The molecule has 2 atom stereocenters. The van der Waals surface area contributed by atoms with Crippen LogP contribution in [0.2, 0.25) is 0 Å². The highest BCUT2D eigenvalue weighted by Crippen LogP contribution is 2.30. The first kappa shape index (κ1) is 9.06. The van der Waals surface area contributed by atoms with Crippen LogP contribution in [0.5, 0.6) is 0 Å². The van der Waals surface area contributed by atoms with E-state index >= 15 is 0 Å². The maximum Gasteiger partial charge on any atom is 0.290 e. The summed E-state index contributed by atoms with van der Waals surface area (Å²) < 4.78 is 0. The molecule has 2 heterocycles. The molecule has 2 fully saturated rings. The van der Waals surface area contributed by atoms with Gasteiger partial charge >= 0.3 is 0 Å². The number of carbonyl (C=O) groups excluding carboxylic acids is 2. The van der Waals surface area contributed by atoms with Crippen LogP contribution in [-0.2, 0) is 9.59 Å². The number of carbonyl (C=O) groups is 2. The Morgan fingerprint density at radius 1 is 1.46 bits per heavy atom. The SMILES string of the molecule is CC1CC(N2CCC(=O)C2=O)CS1. The number of rotatable bonds is 1. The number of hydrogen-bond acceptors (Lipinski definition) is 3. The van der Waals surface area contributed by atoms with E-state index in [9.17, 15) is 9.59 Å². The van der Waals surface area contributed by atoms with E-state index in [4.69, 9.17) is 0 Å². The highest BCUT2D eigenvalue weighted by Gasteiger charge is 2.37. The van der Waals surface area contributed by atoms with E-state index < -0.39 is 0 Å². The van der Waals surface area contributed by atoms with Crippen LogP contribution in [0.15, 0.2) is 0 Å². The van der Waals surface area contributed by atoms with Gasteiger partial charge in [-0.1, -0.05) is 6.92 Å². The van der Waals surface area contributed by atoms with Crippen molar-refractivity contribution >= 4 is 23.5 Å². The molecule has 2 rings (SSSR count). The molecule has 3 nitrogen and oxygen atoms in total. The van der Waals surface area contributed by atoms with Gasteiger partial charge in [0, 0.05) is 30.0 Å². The fraction of sp³-hybridized carbons (Fsp3) is 0.778. The van der Waals surface area contributed by atoms with Gasteiger partial charge in [-0.15, -0.1) is 0 Å². The van der Waals surface area contributed by atoms with Gasteiger partial charge in [0.15, 0.2) is 0 Å². The Balaban J connectivity index is 2.02. The Kier molecular flexibility index (Phi) is 2.32. The Labute approximate surface area is 81.9 Å². The van der Waals surface area contributed by atoms with Crippen LogP contribution in [0.1, 0.15) is 19.8 Å². The summed E-state index contributed by atoms with van der Waals surface area (Å²) in [5.74, 6) is 0.546. The van der Waals surface area contributed by atoms with Gasteiger partial charge in [-0.05, 0) is 6.42 Å². The molecule has 1 amide bonds. The summed E-state index contributed by atoms with van der Waals surface area (Å²) in [5.41, 5.74) is 0. The number of Topliss-reactive ketones (excluding diaryl/α,β-unsaturated/α-hetero) is 1. The molecule has 0 bridgehead atoms. The van der Waals surface area contributed by atoms with Crippen molar-refractivity contribution in [3.05, 3.63) is 0 Å². The number of ketones is 1. The second-order valence-corrected chi connectivity index (χ2v) is 5.18. The maximum absolute atomic E-state index is 11.4. The van der Waals surface area contributed by atoms with Crippen LogP contribution < -0.4 is 0 Å². The van der Waals surface area contributed by atoms with Gasteiger partial charge < -0.3 is 4.90 Å². The van der Waals surface area contributed by atoms with Crippen LogP contribution in [0, 0.1) is 0 Å². The Bertz CT molecular complexity index is 254.